The average molecular weight is 118 g/mol. The first-order valence-electron chi connectivity index (χ1n) is 2.15. The summed E-state index contributed by atoms with van der Waals surface area (Å²) in [5.74, 6) is 2.39. The minimum absolute atomic E-state index is 0. The average Bonchev–Trinajstić information content (AvgIpc) is 1.72. The van der Waals surface area contributed by atoms with Crippen LogP contribution in [-0.4, -0.2) is 33.1 Å². The molecular weight excluding hydrogens is 107 g/mol. The van der Waals surface area contributed by atoms with Gasteiger partial charge in [-0.1, -0.05) is 0 Å². The van der Waals surface area contributed by atoms with Gasteiger partial charge in [-0.3, -0.25) is 0 Å². The van der Waals surface area contributed by atoms with Crippen LogP contribution in [0.4, 0.5) is 0 Å². The van der Waals surface area contributed by atoms with Crippen LogP contribution in [-0.2, 0) is 4.74 Å². The van der Waals surface area contributed by atoms with E-state index in [0.29, 0.717) is 0 Å². The van der Waals surface area contributed by atoms with E-state index in [1.165, 1.54) is 11.5 Å². The zero-order valence-corrected chi connectivity index (χ0v) is 4.46. The summed E-state index contributed by atoms with van der Waals surface area (Å²) in [5.41, 5.74) is 0. The number of ether oxygens (including phenoxy) is 1. The lowest BCUT2D eigenvalue weighted by atomic mass is 10.8. The molecule has 0 aliphatic carbocycles. The van der Waals surface area contributed by atoms with Crippen LogP contribution in [0.25, 0.3) is 0 Å². The van der Waals surface area contributed by atoms with E-state index in [1.807, 2.05) is 11.8 Å². The Kier molecular flexibility index (Phi) is 4.77. The minimum Gasteiger partial charge on any atom is -0.380 e. The topological polar surface area (TPSA) is 9.23 Å². The predicted octanol–water partition coefficient (Wildman–Crippen LogP) is -0.434. The molecule has 0 bridgehead atoms. The monoisotopic (exact) mass is 118 g/mol. The number of thioether (sulfide) groups is 1. The third-order valence-electron chi connectivity index (χ3n) is 0.744. The Labute approximate surface area is 50.4 Å². The van der Waals surface area contributed by atoms with E-state index in [0.717, 1.165) is 13.2 Å². The molecule has 0 radical (unpaired) electrons. The molecule has 1 heterocycles. The Morgan fingerprint density at radius 3 is 1.86 bits per heavy atom. The lowest BCUT2D eigenvalue weighted by molar-refractivity contribution is 0.161. The zero-order valence-electron chi connectivity index (χ0n) is 3.64. The van der Waals surface area contributed by atoms with Crippen molar-refractivity contribution in [3.05, 3.63) is 0 Å². The molecular formula is C4H11BOS. The summed E-state index contributed by atoms with van der Waals surface area (Å²) < 4.78 is 5.05. The van der Waals surface area contributed by atoms with Gasteiger partial charge in [0, 0.05) is 11.5 Å². The van der Waals surface area contributed by atoms with Crippen molar-refractivity contribution in [3.8, 4) is 0 Å². The van der Waals surface area contributed by atoms with E-state index in [1.54, 1.807) is 0 Å². The highest BCUT2D eigenvalue weighted by Gasteiger charge is 1.95. The van der Waals surface area contributed by atoms with Crippen molar-refractivity contribution in [2.75, 3.05) is 24.7 Å². The van der Waals surface area contributed by atoms with Crippen LogP contribution >= 0.6 is 11.8 Å². The zero-order chi connectivity index (χ0) is 4.24. The molecule has 1 saturated heterocycles. The third-order valence-corrected chi connectivity index (χ3v) is 1.65. The molecule has 1 fully saturated rings. The van der Waals surface area contributed by atoms with Crippen LogP contribution < -0.4 is 0 Å². The molecule has 0 atom stereocenters. The molecule has 0 spiro atoms. The molecule has 0 aromatic rings. The Hall–Kier alpha value is 0.375. The number of rotatable bonds is 0. The van der Waals surface area contributed by atoms with Crippen LogP contribution in [0, 0.1) is 0 Å². The summed E-state index contributed by atoms with van der Waals surface area (Å²) in [4.78, 5) is 0. The van der Waals surface area contributed by atoms with Gasteiger partial charge >= 0.3 is 0 Å². The first-order chi connectivity index (χ1) is 3.00. The second kappa shape index (κ2) is 4.53. The van der Waals surface area contributed by atoms with Gasteiger partial charge in [0.1, 0.15) is 0 Å². The highest BCUT2D eigenvalue weighted by atomic mass is 32.2. The molecule has 42 valence electrons. The fourth-order valence-corrected chi connectivity index (χ4v) is 1.12. The van der Waals surface area contributed by atoms with E-state index in [2.05, 4.69) is 0 Å². The number of hydrogen-bond acceptors (Lipinski definition) is 2. The molecule has 0 amide bonds. The van der Waals surface area contributed by atoms with Crippen molar-refractivity contribution in [2.45, 2.75) is 0 Å². The highest BCUT2D eigenvalue weighted by molar-refractivity contribution is 7.99. The third kappa shape index (κ3) is 3.00. The fourth-order valence-electron chi connectivity index (χ4n) is 0.440. The van der Waals surface area contributed by atoms with Gasteiger partial charge in [0.05, 0.1) is 21.6 Å². The van der Waals surface area contributed by atoms with E-state index in [9.17, 15) is 0 Å². The van der Waals surface area contributed by atoms with Crippen molar-refractivity contribution in [2.24, 2.45) is 0 Å². The quantitative estimate of drug-likeness (QED) is 0.399. The maximum atomic E-state index is 5.05. The summed E-state index contributed by atoms with van der Waals surface area (Å²) in [5, 5.41) is 0. The van der Waals surface area contributed by atoms with Crippen LogP contribution in [0.2, 0.25) is 0 Å². The van der Waals surface area contributed by atoms with Crippen molar-refractivity contribution in [3.63, 3.8) is 0 Å². The molecule has 0 aromatic heterocycles. The SMILES string of the molecule is B.C1CSCCO1. The van der Waals surface area contributed by atoms with Gasteiger partial charge in [0.15, 0.2) is 0 Å². The van der Waals surface area contributed by atoms with Gasteiger partial charge in [0.2, 0.25) is 0 Å². The van der Waals surface area contributed by atoms with Crippen LogP contribution in [0.15, 0.2) is 0 Å². The van der Waals surface area contributed by atoms with Gasteiger partial charge < -0.3 is 4.74 Å². The minimum atomic E-state index is 0. The molecule has 1 rings (SSSR count). The molecule has 3 heteroatoms. The molecule has 0 N–H and O–H groups in total. The first-order valence-corrected chi connectivity index (χ1v) is 3.31. The summed E-state index contributed by atoms with van der Waals surface area (Å²) in [6.07, 6.45) is 0. The Morgan fingerprint density at radius 2 is 1.71 bits per heavy atom. The first kappa shape index (κ1) is 7.37. The number of hydrogen-bond donors (Lipinski definition) is 0. The molecule has 1 aliphatic heterocycles. The standard InChI is InChI=1S/C4H8OS.BH3/c1-3-6-4-2-5-1;/h1-4H2;1H3. The van der Waals surface area contributed by atoms with Crippen molar-refractivity contribution < 1.29 is 4.74 Å². The highest BCUT2D eigenvalue weighted by Crippen LogP contribution is 2.03. The maximum Gasteiger partial charge on any atom is 0.0814 e. The predicted molar refractivity (Wildman–Crippen MR) is 38.1 cm³/mol. The molecule has 7 heavy (non-hydrogen) atoms. The van der Waals surface area contributed by atoms with Crippen molar-refractivity contribution in [1.82, 2.24) is 0 Å². The van der Waals surface area contributed by atoms with E-state index >= 15 is 0 Å². The molecule has 0 saturated carbocycles. The summed E-state index contributed by atoms with van der Waals surface area (Å²) in [6.45, 7) is 1.93. The fraction of sp³-hybridized carbons (Fsp3) is 1.00. The van der Waals surface area contributed by atoms with Crippen molar-refractivity contribution >= 4 is 20.2 Å². The van der Waals surface area contributed by atoms with Gasteiger partial charge in [0.25, 0.3) is 0 Å². The van der Waals surface area contributed by atoms with Crippen molar-refractivity contribution in [1.29, 1.82) is 0 Å². The maximum absolute atomic E-state index is 5.05. The lowest BCUT2D eigenvalue weighted by Gasteiger charge is -2.07. The molecule has 0 unspecified atom stereocenters. The van der Waals surface area contributed by atoms with Gasteiger partial charge in [-0.05, 0) is 0 Å². The smallest absolute Gasteiger partial charge is 0.0814 e. The summed E-state index contributed by atoms with van der Waals surface area (Å²) >= 11 is 1.97. The molecule has 1 aliphatic rings. The van der Waals surface area contributed by atoms with E-state index < -0.39 is 0 Å². The summed E-state index contributed by atoms with van der Waals surface area (Å²) in [7, 11) is 0. The van der Waals surface area contributed by atoms with E-state index in [-0.39, 0.29) is 8.41 Å². The summed E-state index contributed by atoms with van der Waals surface area (Å²) in [6, 6.07) is 0. The van der Waals surface area contributed by atoms with Crippen LogP contribution in [0.3, 0.4) is 0 Å². The van der Waals surface area contributed by atoms with E-state index in [4.69, 9.17) is 4.74 Å². The van der Waals surface area contributed by atoms with Crippen LogP contribution in [0.5, 0.6) is 0 Å². The normalized spacial score (nSPS) is 20.6. The Bertz CT molecular complexity index is 27.2. The Balaban J connectivity index is 0.000000360. The van der Waals surface area contributed by atoms with Crippen LogP contribution in [0.1, 0.15) is 0 Å². The second-order valence-electron chi connectivity index (χ2n) is 1.22. The molecule has 0 aromatic carbocycles. The van der Waals surface area contributed by atoms with Gasteiger partial charge in [-0.15, -0.1) is 0 Å². The largest absolute Gasteiger partial charge is 0.380 e. The van der Waals surface area contributed by atoms with Gasteiger partial charge in [-0.25, -0.2) is 0 Å². The lowest BCUT2D eigenvalue weighted by Crippen LogP contribution is -2.08. The van der Waals surface area contributed by atoms with Gasteiger partial charge in [-0.2, -0.15) is 11.8 Å². The molecule has 1 nitrogen and oxygen atoms in total. The second-order valence-corrected chi connectivity index (χ2v) is 2.45. The Morgan fingerprint density at radius 1 is 1.14 bits per heavy atom.